The zero-order chi connectivity index (χ0) is 17.6. The molecule has 2 heterocycles. The number of carbonyl (C=O) groups excluding carboxylic acids is 1. The van der Waals surface area contributed by atoms with Gasteiger partial charge in [-0.25, -0.2) is 4.79 Å². The smallest absolute Gasteiger partial charge is 0.307 e. The molecule has 7 heteroatoms. The van der Waals surface area contributed by atoms with Crippen molar-refractivity contribution in [2.24, 2.45) is 7.05 Å². The third kappa shape index (κ3) is 2.75. The number of nitrogens with one attached hydrogen (secondary N) is 2. The maximum Gasteiger partial charge on any atom is 0.326 e. The summed E-state index contributed by atoms with van der Waals surface area (Å²) in [7, 11) is 1.78. The highest BCUT2D eigenvalue weighted by Gasteiger charge is 2.21. The predicted octanol–water partition coefficient (Wildman–Crippen LogP) is 2.74. The molecule has 4 rings (SSSR count). The third-order valence-electron chi connectivity index (χ3n) is 4.91. The van der Waals surface area contributed by atoms with Crippen LogP contribution in [-0.2, 0) is 7.05 Å². The second kappa shape index (κ2) is 5.91. The molecule has 1 amide bonds. The van der Waals surface area contributed by atoms with E-state index in [4.69, 9.17) is 0 Å². The molecular weight excluding hydrogens is 318 g/mol. The van der Waals surface area contributed by atoms with Crippen molar-refractivity contribution in [3.8, 4) is 0 Å². The van der Waals surface area contributed by atoms with Crippen molar-refractivity contribution in [3.63, 3.8) is 0 Å². The van der Waals surface area contributed by atoms with Crippen LogP contribution < -0.4 is 11.0 Å². The fourth-order valence-corrected chi connectivity index (χ4v) is 3.71. The number of H-pyrrole nitrogens is 1. The molecule has 2 aromatic heterocycles. The number of rotatable bonds is 3. The van der Waals surface area contributed by atoms with E-state index in [-0.39, 0.29) is 17.6 Å². The van der Waals surface area contributed by atoms with E-state index in [0.29, 0.717) is 16.9 Å². The van der Waals surface area contributed by atoms with Crippen molar-refractivity contribution < 1.29 is 4.79 Å². The highest BCUT2D eigenvalue weighted by Crippen LogP contribution is 2.30. The molecule has 3 aromatic rings. The normalized spacial score (nSPS) is 15.1. The molecule has 7 nitrogen and oxygen atoms in total. The van der Waals surface area contributed by atoms with Crippen LogP contribution in [0, 0.1) is 6.92 Å². The highest BCUT2D eigenvalue weighted by atomic mass is 16.2. The Kier molecular flexibility index (Phi) is 3.71. The van der Waals surface area contributed by atoms with Gasteiger partial charge in [-0.15, -0.1) is 0 Å². The molecule has 0 aliphatic heterocycles. The number of anilines is 1. The highest BCUT2D eigenvalue weighted by molar-refractivity contribution is 6.05. The maximum atomic E-state index is 12.5. The van der Waals surface area contributed by atoms with Gasteiger partial charge in [-0.2, -0.15) is 5.10 Å². The largest absolute Gasteiger partial charge is 0.326 e. The molecule has 1 fully saturated rings. The summed E-state index contributed by atoms with van der Waals surface area (Å²) in [6.07, 6.45) is 4.40. The van der Waals surface area contributed by atoms with Gasteiger partial charge < -0.3 is 10.3 Å². The number of imidazole rings is 1. The van der Waals surface area contributed by atoms with Crippen LogP contribution in [0.4, 0.5) is 5.82 Å². The van der Waals surface area contributed by atoms with Crippen LogP contribution in [0.1, 0.15) is 47.8 Å². The van der Waals surface area contributed by atoms with E-state index in [2.05, 4.69) is 15.4 Å². The van der Waals surface area contributed by atoms with Crippen LogP contribution in [0.2, 0.25) is 0 Å². The lowest BCUT2D eigenvalue weighted by atomic mass is 10.1. The van der Waals surface area contributed by atoms with Crippen LogP contribution in [0.5, 0.6) is 0 Å². The standard InChI is InChI=1S/C18H21N5O2/c1-11-9-16(22(2)21-11)20-17(24)12-7-8-15-14(10-12)19-18(25)23(15)13-5-3-4-6-13/h7-10,13H,3-6H2,1-2H3,(H,19,25)(H,20,24). The summed E-state index contributed by atoms with van der Waals surface area (Å²) in [5, 5.41) is 7.07. The van der Waals surface area contributed by atoms with Crippen molar-refractivity contribution in [3.05, 3.63) is 46.0 Å². The van der Waals surface area contributed by atoms with Gasteiger partial charge in [-0.1, -0.05) is 12.8 Å². The fraction of sp³-hybridized carbons (Fsp3) is 0.389. The number of aryl methyl sites for hydroxylation is 2. The quantitative estimate of drug-likeness (QED) is 0.769. The summed E-state index contributed by atoms with van der Waals surface area (Å²) < 4.78 is 3.47. The number of hydrogen-bond donors (Lipinski definition) is 2. The van der Waals surface area contributed by atoms with Crippen molar-refractivity contribution in [2.75, 3.05) is 5.32 Å². The number of fused-ring (bicyclic) bond motifs is 1. The first-order valence-corrected chi connectivity index (χ1v) is 8.59. The number of amides is 1. The minimum Gasteiger partial charge on any atom is -0.307 e. The molecule has 0 radical (unpaired) electrons. The number of carbonyl (C=O) groups is 1. The van der Waals surface area contributed by atoms with E-state index in [1.54, 1.807) is 23.9 Å². The first kappa shape index (κ1) is 15.7. The Hall–Kier alpha value is -2.83. The number of benzene rings is 1. The summed E-state index contributed by atoms with van der Waals surface area (Å²) in [4.78, 5) is 27.7. The Bertz CT molecular complexity index is 1000. The van der Waals surface area contributed by atoms with Gasteiger partial charge >= 0.3 is 5.69 Å². The lowest BCUT2D eigenvalue weighted by Crippen LogP contribution is -2.20. The topological polar surface area (TPSA) is 84.7 Å². The molecule has 0 atom stereocenters. The third-order valence-corrected chi connectivity index (χ3v) is 4.91. The first-order chi connectivity index (χ1) is 12.0. The molecule has 130 valence electrons. The van der Waals surface area contributed by atoms with Gasteiger partial charge in [0.25, 0.3) is 5.91 Å². The summed E-state index contributed by atoms with van der Waals surface area (Å²) in [6, 6.07) is 7.43. The molecule has 0 spiro atoms. The van der Waals surface area contributed by atoms with E-state index in [9.17, 15) is 9.59 Å². The second-order valence-electron chi connectivity index (χ2n) is 6.72. The Morgan fingerprint density at radius 3 is 2.72 bits per heavy atom. The van der Waals surface area contributed by atoms with Crippen LogP contribution in [0.25, 0.3) is 11.0 Å². The number of aromatic amines is 1. The number of aromatic nitrogens is 4. The minimum atomic E-state index is -0.223. The van der Waals surface area contributed by atoms with Crippen LogP contribution >= 0.6 is 0 Å². The van der Waals surface area contributed by atoms with Crippen molar-refractivity contribution in [2.45, 2.75) is 38.6 Å². The molecule has 1 aliphatic carbocycles. The maximum absolute atomic E-state index is 12.5. The van der Waals surface area contributed by atoms with Crippen molar-refractivity contribution in [1.82, 2.24) is 19.3 Å². The molecule has 1 aromatic carbocycles. The SMILES string of the molecule is Cc1cc(NC(=O)c2ccc3c(c2)[nH]c(=O)n3C2CCCC2)n(C)n1. The van der Waals surface area contributed by atoms with Gasteiger partial charge in [0.15, 0.2) is 0 Å². The molecular formula is C18H21N5O2. The van der Waals surface area contributed by atoms with Crippen LogP contribution in [-0.4, -0.2) is 25.2 Å². The first-order valence-electron chi connectivity index (χ1n) is 8.59. The van der Waals surface area contributed by atoms with Gasteiger partial charge in [0.2, 0.25) is 0 Å². The van der Waals surface area contributed by atoms with Crippen molar-refractivity contribution in [1.29, 1.82) is 0 Å². The van der Waals surface area contributed by atoms with E-state index >= 15 is 0 Å². The van der Waals surface area contributed by atoms with E-state index in [1.165, 1.54) is 0 Å². The van der Waals surface area contributed by atoms with Crippen molar-refractivity contribution >= 4 is 22.8 Å². The van der Waals surface area contributed by atoms with Gasteiger partial charge in [0.05, 0.1) is 16.7 Å². The predicted molar refractivity (Wildman–Crippen MR) is 96.0 cm³/mol. The number of nitrogens with zero attached hydrogens (tertiary/aromatic N) is 3. The lowest BCUT2D eigenvalue weighted by Gasteiger charge is -2.11. The Labute approximate surface area is 144 Å². The molecule has 1 saturated carbocycles. The van der Waals surface area contributed by atoms with Crippen LogP contribution in [0.3, 0.4) is 0 Å². The second-order valence-corrected chi connectivity index (χ2v) is 6.72. The summed E-state index contributed by atoms with van der Waals surface area (Å²) in [6.45, 7) is 1.87. The van der Waals surface area contributed by atoms with E-state index < -0.39 is 0 Å². The summed E-state index contributed by atoms with van der Waals surface area (Å²) >= 11 is 0. The Morgan fingerprint density at radius 1 is 1.28 bits per heavy atom. The van der Waals surface area contributed by atoms with Crippen LogP contribution in [0.15, 0.2) is 29.1 Å². The monoisotopic (exact) mass is 339 g/mol. The molecule has 25 heavy (non-hydrogen) atoms. The van der Waals surface area contributed by atoms with Gasteiger partial charge in [-0.3, -0.25) is 14.0 Å². The van der Waals surface area contributed by atoms with Gasteiger partial charge in [0.1, 0.15) is 5.82 Å². The fourth-order valence-electron chi connectivity index (χ4n) is 3.71. The average molecular weight is 339 g/mol. The molecule has 0 unspecified atom stereocenters. The molecule has 0 saturated heterocycles. The zero-order valence-electron chi connectivity index (χ0n) is 14.4. The average Bonchev–Trinajstić information content (AvgIpc) is 3.25. The Balaban J connectivity index is 1.66. The zero-order valence-corrected chi connectivity index (χ0v) is 14.4. The summed E-state index contributed by atoms with van der Waals surface area (Å²) in [5.41, 5.74) is 2.81. The summed E-state index contributed by atoms with van der Waals surface area (Å²) in [5.74, 6) is 0.416. The molecule has 1 aliphatic rings. The Morgan fingerprint density at radius 2 is 2.04 bits per heavy atom. The molecule has 2 N–H and O–H groups in total. The molecule has 0 bridgehead atoms. The van der Waals surface area contributed by atoms with Gasteiger partial charge in [-0.05, 0) is 38.0 Å². The minimum absolute atomic E-state index is 0.0956. The van der Waals surface area contributed by atoms with E-state index in [1.807, 2.05) is 23.6 Å². The lowest BCUT2D eigenvalue weighted by molar-refractivity contribution is 0.102. The van der Waals surface area contributed by atoms with Gasteiger partial charge in [0, 0.05) is 24.7 Å². The van der Waals surface area contributed by atoms with E-state index in [0.717, 1.165) is 36.9 Å². The number of hydrogen-bond acceptors (Lipinski definition) is 3.